The summed E-state index contributed by atoms with van der Waals surface area (Å²) in [5.74, 6) is 0. The molecule has 0 aromatic carbocycles. The molecule has 0 spiro atoms. The topological polar surface area (TPSA) is 54.3 Å². The Hall–Kier alpha value is -1.58. The molecule has 0 bridgehead atoms. The molecule has 0 amide bonds. The molecular weight excluding hydrogens is 130 g/mol. The lowest BCUT2D eigenvalue weighted by molar-refractivity contribution is 0.599. The number of rotatable bonds is 0. The lowest BCUT2D eigenvalue weighted by Crippen LogP contribution is -2.10. The maximum Gasteiger partial charge on any atom is 0.223 e. The zero-order chi connectivity index (χ0) is 6.97. The highest BCUT2D eigenvalue weighted by Gasteiger charge is 1.92. The van der Waals surface area contributed by atoms with E-state index in [2.05, 4.69) is 5.10 Å². The summed E-state index contributed by atoms with van der Waals surface area (Å²) in [7, 11) is 0. The number of pyridine rings is 1. The molecule has 2 heterocycles. The molecule has 1 N–H and O–H groups in total. The van der Waals surface area contributed by atoms with Gasteiger partial charge in [-0.15, -0.1) is 5.10 Å². The van der Waals surface area contributed by atoms with Gasteiger partial charge >= 0.3 is 0 Å². The average Bonchev–Trinajstić information content (AvgIpc) is 2.36. The highest BCUT2D eigenvalue weighted by molar-refractivity contribution is 5.29. The lowest BCUT2D eigenvalue weighted by Gasteiger charge is -1.85. The first-order chi connectivity index (χ1) is 4.88. The van der Waals surface area contributed by atoms with E-state index in [1.165, 1.54) is 10.9 Å². The minimum atomic E-state index is 0.325. The van der Waals surface area contributed by atoms with Gasteiger partial charge in [-0.2, -0.15) is 4.52 Å². The Bertz CT molecular complexity index is 400. The van der Waals surface area contributed by atoms with Crippen LogP contribution in [0.1, 0.15) is 0 Å². The first-order valence-electron chi connectivity index (χ1n) is 2.84. The van der Waals surface area contributed by atoms with Crippen LogP contribution in [0.2, 0.25) is 0 Å². The molecule has 0 aliphatic carbocycles. The van der Waals surface area contributed by atoms with E-state index in [0.717, 1.165) is 0 Å². The normalized spacial score (nSPS) is 10.4. The Kier molecular flexibility index (Phi) is 0.887. The second-order valence-electron chi connectivity index (χ2n) is 1.90. The average molecular weight is 135 g/mol. The van der Waals surface area contributed by atoms with Crippen molar-refractivity contribution in [3.05, 3.63) is 30.1 Å². The third-order valence-corrected chi connectivity index (χ3v) is 1.27. The van der Waals surface area contributed by atoms with Crippen LogP contribution in [-0.2, 0) is 0 Å². The zero-order valence-electron chi connectivity index (χ0n) is 5.11. The first-order valence-corrected chi connectivity index (χ1v) is 2.84. The summed E-state index contributed by atoms with van der Waals surface area (Å²) in [6.45, 7) is 0. The van der Waals surface area contributed by atoms with E-state index in [1.807, 2.05) is 0 Å². The fourth-order valence-corrected chi connectivity index (χ4v) is 0.815. The minimum absolute atomic E-state index is 0.325. The van der Waals surface area contributed by atoms with Gasteiger partial charge in [0, 0.05) is 6.07 Å². The van der Waals surface area contributed by atoms with Crippen molar-refractivity contribution < 1.29 is 4.42 Å². The first kappa shape index (κ1) is 5.22. The molecule has 0 aliphatic rings. The summed E-state index contributed by atoms with van der Waals surface area (Å²) in [4.78, 5) is 0. The van der Waals surface area contributed by atoms with Gasteiger partial charge in [-0.1, -0.05) is 6.07 Å². The van der Waals surface area contributed by atoms with E-state index in [4.69, 9.17) is 9.83 Å². The van der Waals surface area contributed by atoms with E-state index in [9.17, 15) is 0 Å². The summed E-state index contributed by atoms with van der Waals surface area (Å²) >= 11 is 0. The molecule has 0 aliphatic heterocycles. The largest absolute Gasteiger partial charge is 0.426 e. The summed E-state index contributed by atoms with van der Waals surface area (Å²) in [6, 6.07) is 5.16. The molecule has 0 atom stereocenters. The van der Waals surface area contributed by atoms with Crippen LogP contribution in [0.15, 0.2) is 29.0 Å². The summed E-state index contributed by atoms with van der Waals surface area (Å²) in [5.41, 5.74) is 0.916. The molecule has 0 unspecified atom stereocenters. The summed E-state index contributed by atoms with van der Waals surface area (Å²) in [5, 5.41) is 11.1. The van der Waals surface area contributed by atoms with Gasteiger partial charge in [-0.25, -0.2) is 0 Å². The lowest BCUT2D eigenvalue weighted by atomic mass is 10.5. The number of fused-ring (bicyclic) bond motifs is 1. The number of nitrogens with one attached hydrogen (secondary N) is 1. The van der Waals surface area contributed by atoms with Crippen LogP contribution >= 0.6 is 0 Å². The molecule has 2 aromatic heterocycles. The molecule has 4 nitrogen and oxygen atoms in total. The van der Waals surface area contributed by atoms with Crippen molar-refractivity contribution in [2.24, 2.45) is 0 Å². The van der Waals surface area contributed by atoms with E-state index in [-0.39, 0.29) is 0 Å². The van der Waals surface area contributed by atoms with E-state index in [1.54, 1.807) is 18.2 Å². The van der Waals surface area contributed by atoms with Gasteiger partial charge in [-0.3, -0.25) is 5.41 Å². The van der Waals surface area contributed by atoms with Crippen molar-refractivity contribution in [1.82, 2.24) is 9.61 Å². The monoisotopic (exact) mass is 135 g/mol. The van der Waals surface area contributed by atoms with Crippen LogP contribution in [0.25, 0.3) is 5.71 Å². The fourth-order valence-electron chi connectivity index (χ4n) is 0.815. The molecule has 10 heavy (non-hydrogen) atoms. The minimum Gasteiger partial charge on any atom is -0.426 e. The van der Waals surface area contributed by atoms with Crippen LogP contribution in [-0.4, -0.2) is 9.61 Å². The highest BCUT2D eigenvalue weighted by atomic mass is 16.4. The third kappa shape index (κ3) is 0.556. The van der Waals surface area contributed by atoms with Crippen molar-refractivity contribution in [2.75, 3.05) is 0 Å². The van der Waals surface area contributed by atoms with Crippen LogP contribution < -0.4 is 5.49 Å². The van der Waals surface area contributed by atoms with Crippen LogP contribution in [0.5, 0.6) is 0 Å². The Labute approximate surface area is 56.2 Å². The number of hydrogen-bond donors (Lipinski definition) is 1. The third-order valence-electron chi connectivity index (χ3n) is 1.27. The van der Waals surface area contributed by atoms with Crippen molar-refractivity contribution >= 4 is 5.71 Å². The van der Waals surface area contributed by atoms with Gasteiger partial charge in [0.05, 0.1) is 0 Å². The van der Waals surface area contributed by atoms with Crippen LogP contribution in [0.3, 0.4) is 0 Å². The van der Waals surface area contributed by atoms with Crippen molar-refractivity contribution in [3.63, 3.8) is 0 Å². The molecular formula is C6H5N3O. The standard InChI is InChI=1S/C6H5N3O/c7-5-2-1-3-6-9(5)8-4-10-6/h1-4,7H. The molecule has 50 valence electrons. The van der Waals surface area contributed by atoms with Gasteiger partial charge < -0.3 is 4.42 Å². The molecule has 0 saturated carbocycles. The number of hydrogen-bond acceptors (Lipinski definition) is 3. The molecule has 0 saturated heterocycles. The smallest absolute Gasteiger partial charge is 0.223 e. The quantitative estimate of drug-likeness (QED) is 0.568. The predicted octanol–water partition coefficient (Wildman–Crippen LogP) is 0.407. The molecule has 4 heteroatoms. The Morgan fingerprint density at radius 2 is 2.40 bits per heavy atom. The fraction of sp³-hybridized carbons (Fsp3) is 0. The van der Waals surface area contributed by atoms with Gasteiger partial charge in [0.25, 0.3) is 0 Å². The second kappa shape index (κ2) is 1.70. The van der Waals surface area contributed by atoms with E-state index in [0.29, 0.717) is 11.2 Å². The number of nitrogens with zero attached hydrogens (tertiary/aromatic N) is 2. The Morgan fingerprint density at radius 1 is 1.50 bits per heavy atom. The van der Waals surface area contributed by atoms with Crippen molar-refractivity contribution in [1.29, 1.82) is 5.41 Å². The summed E-state index contributed by atoms with van der Waals surface area (Å²) < 4.78 is 6.35. The Morgan fingerprint density at radius 3 is 3.20 bits per heavy atom. The zero-order valence-corrected chi connectivity index (χ0v) is 5.11. The molecule has 0 radical (unpaired) electrons. The van der Waals surface area contributed by atoms with Crippen molar-refractivity contribution in [2.45, 2.75) is 0 Å². The maximum atomic E-state index is 7.32. The Balaban J connectivity index is 3.09. The van der Waals surface area contributed by atoms with Crippen LogP contribution in [0, 0.1) is 5.41 Å². The van der Waals surface area contributed by atoms with Crippen molar-refractivity contribution in [3.8, 4) is 0 Å². The maximum absolute atomic E-state index is 7.32. The van der Waals surface area contributed by atoms with Gasteiger partial charge in [-0.05, 0) is 6.07 Å². The molecule has 2 aromatic rings. The van der Waals surface area contributed by atoms with Gasteiger partial charge in [0.1, 0.15) is 5.49 Å². The predicted molar refractivity (Wildman–Crippen MR) is 33.3 cm³/mol. The molecule has 2 rings (SSSR count). The highest BCUT2D eigenvalue weighted by Crippen LogP contribution is 1.94. The number of aromatic nitrogens is 2. The van der Waals surface area contributed by atoms with Gasteiger partial charge in [0.2, 0.25) is 12.1 Å². The van der Waals surface area contributed by atoms with Gasteiger partial charge in [0.15, 0.2) is 0 Å². The van der Waals surface area contributed by atoms with E-state index < -0.39 is 0 Å². The second-order valence-corrected chi connectivity index (χ2v) is 1.90. The van der Waals surface area contributed by atoms with Crippen LogP contribution in [0.4, 0.5) is 0 Å². The SMILES string of the molecule is N=c1cccc2ocnn12. The van der Waals surface area contributed by atoms with E-state index >= 15 is 0 Å². The summed E-state index contributed by atoms with van der Waals surface area (Å²) in [6.07, 6.45) is 1.31. The molecule has 0 fully saturated rings.